The van der Waals surface area contributed by atoms with Crippen LogP contribution in [0.2, 0.25) is 0 Å². The highest BCUT2D eigenvalue weighted by molar-refractivity contribution is 7.89. The lowest BCUT2D eigenvalue weighted by Crippen LogP contribution is -2.39. The minimum absolute atomic E-state index is 0.131. The number of benzene rings is 1. The third kappa shape index (κ3) is 4.28. The molecule has 0 amide bonds. The van der Waals surface area contributed by atoms with E-state index in [-0.39, 0.29) is 4.90 Å². The topological polar surface area (TPSA) is 86.6 Å². The van der Waals surface area contributed by atoms with Gasteiger partial charge in [-0.05, 0) is 30.0 Å². The molecule has 0 saturated heterocycles. The molecule has 0 aliphatic carbocycles. The Balaban J connectivity index is 2.90. The van der Waals surface area contributed by atoms with Crippen molar-refractivity contribution in [3.63, 3.8) is 0 Å². The molecule has 0 heterocycles. The number of rotatable bonds is 7. The van der Waals surface area contributed by atoms with Crippen LogP contribution in [-0.2, 0) is 10.0 Å². The SMILES string of the molecule is CCC(C)c1ccc(S(=O)(=O)NC(CO)CO)cc1. The van der Waals surface area contributed by atoms with Crippen molar-refractivity contribution in [2.24, 2.45) is 0 Å². The van der Waals surface area contributed by atoms with E-state index in [0.717, 1.165) is 12.0 Å². The van der Waals surface area contributed by atoms with E-state index in [2.05, 4.69) is 18.6 Å². The lowest BCUT2D eigenvalue weighted by Gasteiger charge is -2.14. The summed E-state index contributed by atoms with van der Waals surface area (Å²) in [4.78, 5) is 0.131. The maximum Gasteiger partial charge on any atom is 0.240 e. The molecule has 0 aliphatic heterocycles. The standard InChI is InChI=1S/C13H21NO4S/c1-3-10(2)11-4-6-13(7-5-11)19(17,18)14-12(8-15)9-16/h4-7,10,12,14-16H,3,8-9H2,1-2H3. The first-order chi connectivity index (χ1) is 8.94. The fourth-order valence-electron chi connectivity index (χ4n) is 1.63. The van der Waals surface area contributed by atoms with Gasteiger partial charge in [0.15, 0.2) is 0 Å². The first kappa shape index (κ1) is 16.1. The summed E-state index contributed by atoms with van der Waals surface area (Å²) in [7, 11) is -3.70. The zero-order chi connectivity index (χ0) is 14.5. The largest absolute Gasteiger partial charge is 0.395 e. The molecule has 0 radical (unpaired) electrons. The summed E-state index contributed by atoms with van der Waals surface area (Å²) in [5.41, 5.74) is 1.09. The molecule has 19 heavy (non-hydrogen) atoms. The van der Waals surface area contributed by atoms with Crippen molar-refractivity contribution in [2.75, 3.05) is 13.2 Å². The number of aliphatic hydroxyl groups is 2. The summed E-state index contributed by atoms with van der Waals surface area (Å²) in [5, 5.41) is 17.8. The molecular weight excluding hydrogens is 266 g/mol. The molecule has 0 saturated carbocycles. The zero-order valence-electron chi connectivity index (χ0n) is 11.2. The lowest BCUT2D eigenvalue weighted by molar-refractivity contribution is 0.185. The molecule has 5 nitrogen and oxygen atoms in total. The van der Waals surface area contributed by atoms with E-state index in [4.69, 9.17) is 10.2 Å². The average Bonchev–Trinajstić information content (AvgIpc) is 2.44. The third-order valence-corrected chi connectivity index (χ3v) is 4.67. The van der Waals surface area contributed by atoms with E-state index >= 15 is 0 Å². The molecular formula is C13H21NO4S. The highest BCUT2D eigenvalue weighted by atomic mass is 32.2. The number of hydrogen-bond acceptors (Lipinski definition) is 4. The van der Waals surface area contributed by atoms with E-state index in [0.29, 0.717) is 5.92 Å². The summed E-state index contributed by atoms with van der Waals surface area (Å²) in [6.45, 7) is 3.26. The Bertz CT molecular complexity index is 480. The predicted molar refractivity (Wildman–Crippen MR) is 73.4 cm³/mol. The fourth-order valence-corrected chi connectivity index (χ4v) is 2.85. The first-order valence-electron chi connectivity index (χ1n) is 6.28. The third-order valence-electron chi connectivity index (χ3n) is 3.13. The van der Waals surface area contributed by atoms with Crippen LogP contribution in [0.4, 0.5) is 0 Å². The summed E-state index contributed by atoms with van der Waals surface area (Å²) in [6, 6.07) is 5.77. The minimum atomic E-state index is -3.70. The van der Waals surface area contributed by atoms with Gasteiger partial charge in [-0.15, -0.1) is 0 Å². The lowest BCUT2D eigenvalue weighted by atomic mass is 9.99. The molecule has 1 unspecified atom stereocenters. The smallest absolute Gasteiger partial charge is 0.240 e. The van der Waals surface area contributed by atoms with Crippen molar-refractivity contribution in [3.8, 4) is 0 Å². The highest BCUT2D eigenvalue weighted by Gasteiger charge is 2.19. The average molecular weight is 287 g/mol. The highest BCUT2D eigenvalue weighted by Crippen LogP contribution is 2.20. The van der Waals surface area contributed by atoms with Gasteiger partial charge in [-0.1, -0.05) is 26.0 Å². The van der Waals surface area contributed by atoms with Crippen molar-refractivity contribution < 1.29 is 18.6 Å². The van der Waals surface area contributed by atoms with Crippen molar-refractivity contribution in [2.45, 2.75) is 37.1 Å². The van der Waals surface area contributed by atoms with Crippen LogP contribution in [-0.4, -0.2) is 37.9 Å². The van der Waals surface area contributed by atoms with Gasteiger partial charge in [0.05, 0.1) is 24.2 Å². The van der Waals surface area contributed by atoms with E-state index in [1.54, 1.807) is 12.1 Å². The number of aliphatic hydroxyl groups excluding tert-OH is 2. The molecule has 0 bridgehead atoms. The molecule has 108 valence electrons. The van der Waals surface area contributed by atoms with Gasteiger partial charge in [-0.3, -0.25) is 0 Å². The summed E-state index contributed by atoms with van der Waals surface area (Å²) >= 11 is 0. The quantitative estimate of drug-likeness (QED) is 0.693. The summed E-state index contributed by atoms with van der Waals surface area (Å²) < 4.78 is 26.2. The zero-order valence-corrected chi connectivity index (χ0v) is 12.0. The van der Waals surface area contributed by atoms with Crippen LogP contribution < -0.4 is 4.72 Å². The van der Waals surface area contributed by atoms with Gasteiger partial charge >= 0.3 is 0 Å². The molecule has 0 fully saturated rings. The van der Waals surface area contributed by atoms with Crippen molar-refractivity contribution >= 4 is 10.0 Å². The Labute approximate surface area is 114 Å². The second-order valence-corrected chi connectivity index (χ2v) is 6.28. The van der Waals surface area contributed by atoms with Crippen LogP contribution in [0.5, 0.6) is 0 Å². The van der Waals surface area contributed by atoms with E-state index in [1.807, 2.05) is 0 Å². The van der Waals surface area contributed by atoms with Crippen LogP contribution in [0.1, 0.15) is 31.7 Å². The fraction of sp³-hybridized carbons (Fsp3) is 0.538. The Morgan fingerprint density at radius 1 is 1.16 bits per heavy atom. The molecule has 0 aliphatic rings. The normalized spacial score (nSPS) is 13.7. The Hall–Kier alpha value is -0.950. The molecule has 0 spiro atoms. The molecule has 6 heteroatoms. The first-order valence-corrected chi connectivity index (χ1v) is 7.77. The van der Waals surface area contributed by atoms with Gasteiger partial charge in [0.2, 0.25) is 10.0 Å². The van der Waals surface area contributed by atoms with E-state index < -0.39 is 29.3 Å². The molecule has 1 aromatic rings. The molecule has 1 rings (SSSR count). The van der Waals surface area contributed by atoms with Crippen LogP contribution in [0.3, 0.4) is 0 Å². The van der Waals surface area contributed by atoms with Crippen LogP contribution in [0.15, 0.2) is 29.2 Å². The summed E-state index contributed by atoms with van der Waals surface area (Å²) in [6.07, 6.45) is 0.988. The van der Waals surface area contributed by atoms with Gasteiger partial charge < -0.3 is 10.2 Å². The van der Waals surface area contributed by atoms with Crippen molar-refractivity contribution in [1.29, 1.82) is 0 Å². The molecule has 1 aromatic carbocycles. The van der Waals surface area contributed by atoms with Gasteiger partial charge in [0.25, 0.3) is 0 Å². The van der Waals surface area contributed by atoms with E-state index in [1.165, 1.54) is 12.1 Å². The Morgan fingerprint density at radius 2 is 1.68 bits per heavy atom. The number of nitrogens with one attached hydrogen (secondary N) is 1. The van der Waals surface area contributed by atoms with Crippen molar-refractivity contribution in [3.05, 3.63) is 29.8 Å². The van der Waals surface area contributed by atoms with Gasteiger partial charge in [0, 0.05) is 0 Å². The maximum atomic E-state index is 12.0. The minimum Gasteiger partial charge on any atom is -0.395 e. The predicted octanol–water partition coefficient (Wildman–Crippen LogP) is 0.832. The van der Waals surface area contributed by atoms with Crippen LogP contribution in [0, 0.1) is 0 Å². The maximum absolute atomic E-state index is 12.0. The van der Waals surface area contributed by atoms with Crippen LogP contribution >= 0.6 is 0 Å². The molecule has 1 atom stereocenters. The van der Waals surface area contributed by atoms with Gasteiger partial charge in [0.1, 0.15) is 0 Å². The van der Waals surface area contributed by atoms with Gasteiger partial charge in [-0.25, -0.2) is 13.1 Å². The number of sulfonamides is 1. The second-order valence-electron chi connectivity index (χ2n) is 4.56. The Kier molecular flexibility index (Phi) is 5.93. The Morgan fingerprint density at radius 3 is 2.11 bits per heavy atom. The van der Waals surface area contributed by atoms with E-state index in [9.17, 15) is 8.42 Å². The van der Waals surface area contributed by atoms with Crippen molar-refractivity contribution in [1.82, 2.24) is 4.72 Å². The molecule has 0 aromatic heterocycles. The second kappa shape index (κ2) is 7.00. The summed E-state index contributed by atoms with van der Waals surface area (Å²) in [5.74, 6) is 0.382. The molecule has 3 N–H and O–H groups in total. The number of hydrogen-bond donors (Lipinski definition) is 3. The van der Waals surface area contributed by atoms with Crippen LogP contribution in [0.25, 0.3) is 0 Å². The monoisotopic (exact) mass is 287 g/mol. The van der Waals surface area contributed by atoms with Gasteiger partial charge in [-0.2, -0.15) is 0 Å².